The topological polar surface area (TPSA) is 36.4 Å². The molecule has 0 fully saturated rings. The predicted octanol–water partition coefficient (Wildman–Crippen LogP) is 5.57. The van der Waals surface area contributed by atoms with Crippen molar-refractivity contribution in [2.45, 2.75) is 18.2 Å². The van der Waals surface area contributed by atoms with Gasteiger partial charge in [-0.2, -0.15) is 0 Å². The van der Waals surface area contributed by atoms with Gasteiger partial charge in [0, 0.05) is 11.4 Å². The van der Waals surface area contributed by atoms with Crippen molar-refractivity contribution < 1.29 is 9.18 Å². The van der Waals surface area contributed by atoms with Crippen LogP contribution in [0.3, 0.4) is 0 Å². The average molecular weight is 454 g/mol. The van der Waals surface area contributed by atoms with Crippen LogP contribution in [-0.4, -0.2) is 48.7 Å². The van der Waals surface area contributed by atoms with Crippen LogP contribution in [-0.2, 0) is 0 Å². The summed E-state index contributed by atoms with van der Waals surface area (Å²) < 4.78 is 14.9. The first kappa shape index (κ1) is 23.6. The molecule has 4 nitrogen and oxygen atoms in total. The molecule has 1 aromatic heterocycles. The van der Waals surface area contributed by atoms with Gasteiger partial charge < -0.3 is 4.90 Å². The van der Waals surface area contributed by atoms with E-state index in [1.807, 2.05) is 44.4 Å². The number of amides is 1. The van der Waals surface area contributed by atoms with Gasteiger partial charge in [0.1, 0.15) is 11.3 Å². The molecule has 0 unspecified atom stereocenters. The number of rotatable bonds is 8. The van der Waals surface area contributed by atoms with Crippen molar-refractivity contribution in [1.29, 1.82) is 0 Å². The van der Waals surface area contributed by atoms with E-state index in [1.165, 1.54) is 17.4 Å². The number of carbonyl (C=O) groups excluding carboxylic acids is 1. The number of benzene rings is 2. The zero-order valence-corrected chi connectivity index (χ0v) is 19.2. The van der Waals surface area contributed by atoms with E-state index in [1.54, 1.807) is 22.7 Å². The number of nitrogens with zero attached hydrogens (tertiary/aromatic N) is 3. The van der Waals surface area contributed by atoms with Crippen LogP contribution in [0, 0.1) is 5.82 Å². The number of fused-ring (bicyclic) bond motifs is 1. The van der Waals surface area contributed by atoms with E-state index in [-0.39, 0.29) is 24.1 Å². The van der Waals surface area contributed by atoms with E-state index in [0.29, 0.717) is 22.8 Å². The molecular formula is C21H25ClFN3OS2. The van der Waals surface area contributed by atoms with E-state index >= 15 is 0 Å². The van der Waals surface area contributed by atoms with Gasteiger partial charge >= 0.3 is 0 Å². The Balaban J connectivity index is 0.00000300. The molecule has 0 bridgehead atoms. The second-order valence-electron chi connectivity index (χ2n) is 6.63. The molecule has 0 aliphatic heterocycles. The molecule has 0 atom stereocenters. The van der Waals surface area contributed by atoms with Crippen molar-refractivity contribution in [1.82, 2.24) is 9.88 Å². The molecule has 0 radical (unpaired) electrons. The third-order valence-corrected chi connectivity index (χ3v) is 6.24. The molecule has 29 heavy (non-hydrogen) atoms. The molecule has 156 valence electrons. The molecule has 1 heterocycles. The minimum Gasteiger partial charge on any atom is -0.309 e. The summed E-state index contributed by atoms with van der Waals surface area (Å²) >= 11 is 3.00. The fourth-order valence-electron chi connectivity index (χ4n) is 2.92. The number of carbonyl (C=O) groups is 1. The molecule has 0 saturated carbocycles. The third kappa shape index (κ3) is 5.69. The Morgan fingerprint density at radius 3 is 2.59 bits per heavy atom. The number of thiazole rings is 1. The summed E-state index contributed by atoms with van der Waals surface area (Å²) in [6.07, 6.45) is 0.806. The summed E-state index contributed by atoms with van der Waals surface area (Å²) in [5, 5.41) is 0.542. The Kier molecular flexibility index (Phi) is 8.89. The molecule has 0 N–H and O–H groups in total. The van der Waals surface area contributed by atoms with Crippen molar-refractivity contribution >= 4 is 56.8 Å². The Labute approximate surface area is 185 Å². The highest BCUT2D eigenvalue weighted by atomic mass is 35.5. The maximum atomic E-state index is 14.1. The number of hydrogen-bond donors (Lipinski definition) is 0. The minimum atomic E-state index is -0.359. The quantitative estimate of drug-likeness (QED) is 0.418. The zero-order chi connectivity index (χ0) is 20.1. The van der Waals surface area contributed by atoms with Crippen LogP contribution in [0.5, 0.6) is 0 Å². The lowest BCUT2D eigenvalue weighted by atomic mass is 10.2. The molecular weight excluding hydrogens is 429 g/mol. The highest BCUT2D eigenvalue weighted by molar-refractivity contribution is 7.99. The Bertz CT molecular complexity index is 964. The normalized spacial score (nSPS) is 10.9. The average Bonchev–Trinajstić information content (AvgIpc) is 3.10. The molecule has 1 amide bonds. The lowest BCUT2D eigenvalue weighted by molar-refractivity contribution is 0.0983. The number of para-hydroxylation sites is 1. The summed E-state index contributed by atoms with van der Waals surface area (Å²) in [5.74, 6) is 0.439. The molecule has 3 rings (SSSR count). The molecule has 0 saturated heterocycles. The van der Waals surface area contributed by atoms with Gasteiger partial charge in [-0.15, -0.1) is 24.2 Å². The van der Waals surface area contributed by atoms with Crippen molar-refractivity contribution in [2.24, 2.45) is 0 Å². The van der Waals surface area contributed by atoms with E-state index in [2.05, 4.69) is 16.8 Å². The van der Waals surface area contributed by atoms with E-state index in [0.717, 1.165) is 28.3 Å². The maximum absolute atomic E-state index is 14.1. The molecule has 0 aliphatic carbocycles. The number of halogens is 2. The van der Waals surface area contributed by atoms with E-state index in [9.17, 15) is 9.18 Å². The van der Waals surface area contributed by atoms with Crippen LogP contribution in [0.4, 0.5) is 9.52 Å². The van der Waals surface area contributed by atoms with Crippen LogP contribution in [0.1, 0.15) is 23.7 Å². The summed E-state index contributed by atoms with van der Waals surface area (Å²) in [5.41, 5.74) is 0.989. The van der Waals surface area contributed by atoms with Crippen LogP contribution in [0.2, 0.25) is 0 Å². The first-order chi connectivity index (χ1) is 13.5. The smallest absolute Gasteiger partial charge is 0.261 e. The second-order valence-corrected chi connectivity index (χ2v) is 8.94. The highest BCUT2D eigenvalue weighted by Crippen LogP contribution is 2.32. The van der Waals surface area contributed by atoms with E-state index in [4.69, 9.17) is 0 Å². The molecule has 2 aromatic carbocycles. The predicted molar refractivity (Wildman–Crippen MR) is 125 cm³/mol. The summed E-state index contributed by atoms with van der Waals surface area (Å²) in [6.45, 7) is 3.45. The second kappa shape index (κ2) is 10.9. The number of thioether (sulfide) groups is 1. The van der Waals surface area contributed by atoms with Crippen LogP contribution >= 0.6 is 35.5 Å². The van der Waals surface area contributed by atoms with Crippen molar-refractivity contribution in [3.8, 4) is 0 Å². The lowest BCUT2D eigenvalue weighted by Crippen LogP contribution is -2.33. The molecule has 8 heteroatoms. The van der Waals surface area contributed by atoms with Crippen LogP contribution in [0.15, 0.2) is 47.4 Å². The minimum absolute atomic E-state index is 0. The van der Waals surface area contributed by atoms with Crippen molar-refractivity contribution in [3.63, 3.8) is 0 Å². The summed E-state index contributed by atoms with van der Waals surface area (Å²) in [4.78, 5) is 22.7. The van der Waals surface area contributed by atoms with Gasteiger partial charge in [0.15, 0.2) is 5.13 Å². The maximum Gasteiger partial charge on any atom is 0.261 e. The van der Waals surface area contributed by atoms with Crippen LogP contribution < -0.4 is 4.90 Å². The largest absolute Gasteiger partial charge is 0.309 e. The number of aromatic nitrogens is 1. The van der Waals surface area contributed by atoms with Gasteiger partial charge in [-0.05, 0) is 57.1 Å². The lowest BCUT2D eigenvalue weighted by Gasteiger charge is -2.22. The molecule has 0 aliphatic rings. The Morgan fingerprint density at radius 1 is 1.14 bits per heavy atom. The fourth-order valence-corrected chi connectivity index (χ4v) is 4.72. The molecule has 0 spiro atoms. The third-order valence-electron chi connectivity index (χ3n) is 4.24. The number of anilines is 1. The van der Waals surface area contributed by atoms with Gasteiger partial charge in [0.25, 0.3) is 5.91 Å². The van der Waals surface area contributed by atoms with Gasteiger partial charge in [-0.25, -0.2) is 9.37 Å². The highest BCUT2D eigenvalue weighted by Gasteiger charge is 2.23. The van der Waals surface area contributed by atoms with Gasteiger partial charge in [-0.1, -0.05) is 36.5 Å². The number of hydrogen-bond acceptors (Lipinski definition) is 5. The Hall–Kier alpha value is -1.67. The van der Waals surface area contributed by atoms with Gasteiger partial charge in [-0.3, -0.25) is 9.69 Å². The molecule has 3 aromatic rings. The van der Waals surface area contributed by atoms with E-state index < -0.39 is 0 Å². The standard InChI is InChI=1S/C21H24FN3OS2.ClH/c1-4-27-17-11-6-5-9-15(17)20(26)25(14-8-13-24(2)3)21-23-19-16(22)10-7-12-18(19)28-21;/h5-7,9-12H,4,8,13-14H2,1-3H3;1H. The van der Waals surface area contributed by atoms with Crippen LogP contribution in [0.25, 0.3) is 10.2 Å². The SMILES string of the molecule is CCSc1ccccc1C(=O)N(CCCN(C)C)c1nc2c(F)cccc2s1.Cl. The first-order valence-corrected chi connectivity index (χ1v) is 11.0. The zero-order valence-electron chi connectivity index (χ0n) is 16.7. The van der Waals surface area contributed by atoms with Gasteiger partial charge in [0.05, 0.1) is 10.3 Å². The monoisotopic (exact) mass is 453 g/mol. The summed E-state index contributed by atoms with van der Waals surface area (Å²) in [6, 6.07) is 12.6. The van der Waals surface area contributed by atoms with Crippen molar-refractivity contribution in [3.05, 3.63) is 53.8 Å². The Morgan fingerprint density at radius 2 is 1.90 bits per heavy atom. The van der Waals surface area contributed by atoms with Crippen molar-refractivity contribution in [2.75, 3.05) is 37.8 Å². The van der Waals surface area contributed by atoms with Gasteiger partial charge in [0.2, 0.25) is 0 Å². The summed E-state index contributed by atoms with van der Waals surface area (Å²) in [7, 11) is 4.01. The fraction of sp³-hybridized carbons (Fsp3) is 0.333. The first-order valence-electron chi connectivity index (χ1n) is 9.24.